The van der Waals surface area contributed by atoms with Crippen molar-refractivity contribution in [2.24, 2.45) is 0 Å². The SMILES string of the molecule is CNC(=O)c1c(-c2ccc(F)cc2)oc2cc(N(Cc3ccc(C4COB(O)C4)c(Cl)c3)S(=O)O)c(C3CC3)cc12. The van der Waals surface area contributed by atoms with Gasteiger partial charge in [0, 0.05) is 41.6 Å². The summed E-state index contributed by atoms with van der Waals surface area (Å²) in [5, 5.41) is 13.5. The first-order valence-corrected chi connectivity index (χ1v) is 14.7. The highest BCUT2D eigenvalue weighted by atomic mass is 35.5. The molecule has 1 aliphatic carbocycles. The van der Waals surface area contributed by atoms with Gasteiger partial charge in [0.1, 0.15) is 17.2 Å². The molecule has 8 nitrogen and oxygen atoms in total. The van der Waals surface area contributed by atoms with Gasteiger partial charge in [0.15, 0.2) is 0 Å². The van der Waals surface area contributed by atoms with Crippen LogP contribution in [0.25, 0.3) is 22.3 Å². The number of hydrogen-bond donors (Lipinski definition) is 3. The number of nitrogens with zero attached hydrogens (tertiary/aromatic N) is 1. The number of carbonyl (C=O) groups is 1. The van der Waals surface area contributed by atoms with E-state index in [1.54, 1.807) is 24.3 Å². The minimum Gasteiger partial charge on any atom is -0.455 e. The Kier molecular flexibility index (Phi) is 7.65. The van der Waals surface area contributed by atoms with Crippen molar-refractivity contribution in [3.63, 3.8) is 0 Å². The molecule has 2 fully saturated rings. The highest BCUT2D eigenvalue weighted by Gasteiger charge is 2.33. The summed E-state index contributed by atoms with van der Waals surface area (Å²) in [6.07, 6.45) is 2.29. The Morgan fingerprint density at radius 3 is 2.51 bits per heavy atom. The van der Waals surface area contributed by atoms with Crippen molar-refractivity contribution in [2.75, 3.05) is 18.0 Å². The van der Waals surface area contributed by atoms with E-state index in [0.717, 1.165) is 29.5 Å². The number of nitrogens with one attached hydrogen (secondary N) is 1. The number of fused-ring (bicyclic) bond motifs is 1. The fourth-order valence-electron chi connectivity index (χ4n) is 5.46. The molecule has 0 spiro atoms. The van der Waals surface area contributed by atoms with E-state index in [1.807, 2.05) is 18.2 Å². The van der Waals surface area contributed by atoms with E-state index in [2.05, 4.69) is 5.32 Å². The summed E-state index contributed by atoms with van der Waals surface area (Å²) in [5.74, 6) is -0.328. The Morgan fingerprint density at radius 1 is 1.15 bits per heavy atom. The van der Waals surface area contributed by atoms with Crippen molar-refractivity contribution in [1.29, 1.82) is 0 Å². The van der Waals surface area contributed by atoms with Crippen molar-refractivity contribution in [3.05, 3.63) is 87.7 Å². The van der Waals surface area contributed by atoms with Crippen molar-refractivity contribution in [3.8, 4) is 11.3 Å². The molecule has 1 saturated carbocycles. The summed E-state index contributed by atoms with van der Waals surface area (Å²) >= 11 is 4.21. The van der Waals surface area contributed by atoms with E-state index in [1.165, 1.54) is 23.5 Å². The Hall–Kier alpha value is -3.22. The van der Waals surface area contributed by atoms with Crippen LogP contribution in [0.5, 0.6) is 0 Å². The second kappa shape index (κ2) is 11.2. The number of halogens is 2. The summed E-state index contributed by atoms with van der Waals surface area (Å²) in [4.78, 5) is 13.0. The van der Waals surface area contributed by atoms with E-state index >= 15 is 0 Å². The van der Waals surface area contributed by atoms with Crippen LogP contribution < -0.4 is 9.62 Å². The third-order valence-corrected chi connectivity index (χ3v) is 8.71. The third kappa shape index (κ3) is 5.52. The van der Waals surface area contributed by atoms with Crippen molar-refractivity contribution >= 4 is 52.5 Å². The summed E-state index contributed by atoms with van der Waals surface area (Å²) in [6, 6.07) is 14.7. The topological polar surface area (TPSA) is 112 Å². The van der Waals surface area contributed by atoms with E-state index in [0.29, 0.717) is 51.5 Å². The molecule has 4 aromatic rings. The highest BCUT2D eigenvalue weighted by Crippen LogP contribution is 2.48. The molecule has 2 heterocycles. The lowest BCUT2D eigenvalue weighted by Gasteiger charge is -2.24. The molecule has 0 bridgehead atoms. The van der Waals surface area contributed by atoms with E-state index in [9.17, 15) is 23.0 Å². The largest absolute Gasteiger partial charge is 0.455 e. The average Bonchev–Trinajstić information content (AvgIpc) is 3.61. The molecule has 1 saturated heterocycles. The van der Waals surface area contributed by atoms with Gasteiger partial charge in [-0.1, -0.05) is 23.7 Å². The first-order chi connectivity index (χ1) is 19.7. The van der Waals surface area contributed by atoms with Crippen molar-refractivity contribution in [2.45, 2.75) is 37.5 Å². The summed E-state index contributed by atoms with van der Waals surface area (Å²) in [7, 11) is 0.716. The second-order valence-electron chi connectivity index (χ2n) is 10.4. The lowest BCUT2D eigenvalue weighted by Crippen LogP contribution is -2.25. The van der Waals surface area contributed by atoms with Crippen LogP contribution in [0.15, 0.2) is 59.0 Å². The molecule has 2 aliphatic rings. The summed E-state index contributed by atoms with van der Waals surface area (Å²) < 4.78 is 49.6. The van der Waals surface area contributed by atoms with Gasteiger partial charge in [0.05, 0.1) is 17.8 Å². The minimum absolute atomic E-state index is 0.0257. The minimum atomic E-state index is -2.39. The number of amides is 1. The van der Waals surface area contributed by atoms with E-state index < -0.39 is 24.2 Å². The Labute approximate surface area is 244 Å². The highest BCUT2D eigenvalue weighted by molar-refractivity contribution is 7.80. The van der Waals surface area contributed by atoms with Gasteiger partial charge in [0.2, 0.25) is 0 Å². The molecule has 6 rings (SSSR count). The maximum Gasteiger partial charge on any atom is 0.454 e. The number of rotatable bonds is 8. The zero-order chi connectivity index (χ0) is 28.8. The van der Waals surface area contributed by atoms with Gasteiger partial charge < -0.3 is 19.4 Å². The molecule has 212 valence electrons. The average molecular weight is 597 g/mol. The second-order valence-corrected chi connectivity index (χ2v) is 11.7. The smallest absolute Gasteiger partial charge is 0.454 e. The molecule has 41 heavy (non-hydrogen) atoms. The first-order valence-electron chi connectivity index (χ1n) is 13.3. The van der Waals surface area contributed by atoms with Gasteiger partial charge in [-0.3, -0.25) is 13.7 Å². The molecule has 1 amide bonds. The number of anilines is 1. The van der Waals surface area contributed by atoms with Gasteiger partial charge in [-0.15, -0.1) is 0 Å². The molecule has 3 N–H and O–H groups in total. The number of benzene rings is 3. The van der Waals surface area contributed by atoms with Gasteiger partial charge in [-0.2, -0.15) is 0 Å². The maximum absolute atomic E-state index is 13.6. The predicted octanol–water partition coefficient (Wildman–Crippen LogP) is 5.87. The standard InChI is InChI=1S/C29H27BClFN2O6S/c1-33-29(35)27-23-11-22(17-3-4-17)25(12-26(23)40-28(27)18-5-7-20(32)8-6-18)34(41(37)38)14-16-2-9-21(24(31)10-16)19-13-30(36)39-15-19/h2,5-12,17,19,36H,3-4,13-15H2,1H3,(H,33,35)(H,37,38). The Bertz CT molecular complexity index is 1660. The van der Waals surface area contributed by atoms with E-state index in [4.69, 9.17) is 20.7 Å². The first kappa shape index (κ1) is 27.9. The van der Waals surface area contributed by atoms with E-state index in [-0.39, 0.29) is 24.3 Å². The quantitative estimate of drug-likeness (QED) is 0.173. The zero-order valence-electron chi connectivity index (χ0n) is 22.1. The van der Waals surface area contributed by atoms with Crippen molar-refractivity contribution < 1.29 is 32.0 Å². The van der Waals surface area contributed by atoms with Crippen LogP contribution in [-0.4, -0.2) is 40.5 Å². The van der Waals surface area contributed by atoms with Crippen LogP contribution in [0.2, 0.25) is 11.3 Å². The third-order valence-electron chi connectivity index (χ3n) is 7.68. The normalized spacial score (nSPS) is 17.7. The monoisotopic (exact) mass is 596 g/mol. The van der Waals surface area contributed by atoms with Crippen LogP contribution in [0, 0.1) is 5.82 Å². The molecular weight excluding hydrogens is 570 g/mol. The van der Waals surface area contributed by atoms with Gasteiger partial charge >= 0.3 is 7.12 Å². The molecule has 0 radical (unpaired) electrons. The summed E-state index contributed by atoms with van der Waals surface area (Å²) in [6.45, 7) is 0.463. The molecular formula is C29H27BClFN2O6S. The van der Waals surface area contributed by atoms with Crippen LogP contribution in [0.4, 0.5) is 10.1 Å². The predicted molar refractivity (Wildman–Crippen MR) is 157 cm³/mol. The molecule has 3 aromatic carbocycles. The fourth-order valence-corrected chi connectivity index (χ4v) is 6.40. The molecule has 2 atom stereocenters. The maximum atomic E-state index is 13.6. The van der Waals surface area contributed by atoms with Gasteiger partial charge in [-0.05, 0) is 78.2 Å². The Morgan fingerprint density at radius 2 is 1.90 bits per heavy atom. The van der Waals surface area contributed by atoms with Crippen LogP contribution in [0.1, 0.15) is 51.7 Å². The van der Waals surface area contributed by atoms with Crippen LogP contribution in [-0.2, 0) is 22.5 Å². The number of hydrogen-bond acceptors (Lipinski definition) is 5. The van der Waals surface area contributed by atoms with Crippen molar-refractivity contribution in [1.82, 2.24) is 5.32 Å². The van der Waals surface area contributed by atoms with Gasteiger partial charge in [-0.25, -0.2) is 8.60 Å². The molecule has 1 aromatic heterocycles. The molecule has 2 unspecified atom stereocenters. The summed E-state index contributed by atoms with van der Waals surface area (Å²) in [5.41, 5.74) is 4.17. The lowest BCUT2D eigenvalue weighted by atomic mass is 9.79. The lowest BCUT2D eigenvalue weighted by molar-refractivity contribution is 0.0964. The number of carbonyl (C=O) groups excluding carboxylic acids is 1. The Balaban J connectivity index is 1.42. The molecule has 12 heteroatoms. The fraction of sp³-hybridized carbons (Fsp3) is 0.276. The van der Waals surface area contributed by atoms with Gasteiger partial charge in [0.25, 0.3) is 17.2 Å². The molecule has 1 aliphatic heterocycles. The zero-order valence-corrected chi connectivity index (χ0v) is 23.7. The van der Waals surface area contributed by atoms with Crippen LogP contribution in [0.3, 0.4) is 0 Å². The van der Waals surface area contributed by atoms with Crippen LogP contribution >= 0.6 is 11.6 Å². The number of furan rings is 1.